The van der Waals surface area contributed by atoms with Crippen molar-refractivity contribution < 1.29 is 9.90 Å². The molecule has 0 aliphatic heterocycles. The lowest BCUT2D eigenvalue weighted by molar-refractivity contribution is 0.0697. The van der Waals surface area contributed by atoms with E-state index >= 15 is 0 Å². The van der Waals surface area contributed by atoms with E-state index in [2.05, 4.69) is 10.1 Å². The van der Waals surface area contributed by atoms with Gasteiger partial charge in [0.2, 0.25) is 0 Å². The molecule has 1 aromatic carbocycles. The average Bonchev–Trinajstić information content (AvgIpc) is 2.80. The van der Waals surface area contributed by atoms with Gasteiger partial charge >= 0.3 is 5.97 Å². The number of carboxylic acid groups (broad SMARTS) is 1. The largest absolute Gasteiger partial charge is 0.478 e. The van der Waals surface area contributed by atoms with Crippen molar-refractivity contribution in [3.05, 3.63) is 53.4 Å². The zero-order valence-corrected chi connectivity index (χ0v) is 10.4. The number of hydrogen-bond donors (Lipinski definition) is 1. The Morgan fingerprint density at radius 2 is 2.11 bits per heavy atom. The molecule has 0 aliphatic carbocycles. The number of nitrogens with zero attached hydrogens (tertiary/aromatic N) is 3. The number of aromatic nitrogens is 3. The molecule has 19 heavy (non-hydrogen) atoms. The number of rotatable bonds is 2. The number of carboxylic acids is 1. The summed E-state index contributed by atoms with van der Waals surface area (Å²) < 4.78 is 1.40. The minimum atomic E-state index is -1.10. The van der Waals surface area contributed by atoms with Gasteiger partial charge in [-0.3, -0.25) is 4.98 Å². The van der Waals surface area contributed by atoms with Gasteiger partial charge in [0.05, 0.1) is 17.4 Å². The maximum absolute atomic E-state index is 11.0. The summed E-state index contributed by atoms with van der Waals surface area (Å²) in [6.07, 6.45) is 2.93. The Bertz CT molecular complexity index is 777. The van der Waals surface area contributed by atoms with Crippen molar-refractivity contribution in [1.82, 2.24) is 14.8 Å². The van der Waals surface area contributed by atoms with E-state index in [-0.39, 0.29) is 10.7 Å². The number of fused-ring (bicyclic) bond motifs is 1. The van der Waals surface area contributed by atoms with Gasteiger partial charge in [-0.25, -0.2) is 9.48 Å². The molecule has 0 bridgehead atoms. The second kappa shape index (κ2) is 4.37. The molecule has 2 aromatic heterocycles. The van der Waals surface area contributed by atoms with Crippen molar-refractivity contribution in [2.75, 3.05) is 0 Å². The van der Waals surface area contributed by atoms with Crippen LogP contribution in [0.25, 0.3) is 16.6 Å². The van der Waals surface area contributed by atoms with Crippen LogP contribution in [-0.4, -0.2) is 25.8 Å². The first-order valence-corrected chi connectivity index (χ1v) is 5.87. The molecule has 0 fully saturated rings. The highest BCUT2D eigenvalue weighted by Crippen LogP contribution is 2.25. The van der Waals surface area contributed by atoms with Crippen molar-refractivity contribution >= 4 is 28.5 Å². The molecule has 0 saturated heterocycles. The second-order valence-corrected chi connectivity index (χ2v) is 4.27. The number of hydrogen-bond acceptors (Lipinski definition) is 3. The molecule has 3 rings (SSSR count). The van der Waals surface area contributed by atoms with Gasteiger partial charge in [0.1, 0.15) is 10.7 Å². The molecule has 2 heterocycles. The van der Waals surface area contributed by atoms with Gasteiger partial charge < -0.3 is 5.11 Å². The average molecular weight is 274 g/mol. The molecule has 0 unspecified atom stereocenters. The number of halogens is 1. The summed E-state index contributed by atoms with van der Waals surface area (Å²) >= 11 is 6.05. The Hall–Kier alpha value is -2.40. The zero-order valence-electron chi connectivity index (χ0n) is 9.62. The smallest absolute Gasteiger partial charge is 0.340 e. The maximum atomic E-state index is 11.0. The lowest BCUT2D eigenvalue weighted by atomic mass is 10.2. The predicted octanol–water partition coefficient (Wildman–Crippen LogP) is 2.77. The molecule has 5 nitrogen and oxygen atoms in total. The molecular formula is C13H8ClN3O2. The number of benzene rings is 1. The third-order valence-corrected chi connectivity index (χ3v) is 3.16. The summed E-state index contributed by atoms with van der Waals surface area (Å²) in [5.41, 5.74) is 1.47. The van der Waals surface area contributed by atoms with Crippen LogP contribution in [0.3, 0.4) is 0 Å². The molecule has 3 aromatic rings. The maximum Gasteiger partial charge on any atom is 0.340 e. The van der Waals surface area contributed by atoms with Gasteiger partial charge in [-0.05, 0) is 24.3 Å². The van der Waals surface area contributed by atoms with Crippen molar-refractivity contribution in [2.24, 2.45) is 0 Å². The number of aromatic carboxylic acids is 1. The van der Waals surface area contributed by atoms with E-state index in [1.54, 1.807) is 12.3 Å². The molecule has 0 atom stereocenters. The normalized spacial score (nSPS) is 10.8. The third kappa shape index (κ3) is 1.84. The minimum Gasteiger partial charge on any atom is -0.478 e. The molecule has 1 N–H and O–H groups in total. The summed E-state index contributed by atoms with van der Waals surface area (Å²) in [7, 11) is 0. The Kier molecular flexibility index (Phi) is 2.68. The van der Waals surface area contributed by atoms with Crippen LogP contribution in [0.5, 0.6) is 0 Å². The van der Waals surface area contributed by atoms with E-state index in [9.17, 15) is 4.79 Å². The zero-order chi connectivity index (χ0) is 13.4. The van der Waals surface area contributed by atoms with Gasteiger partial charge in [-0.15, -0.1) is 0 Å². The fraction of sp³-hybridized carbons (Fsp3) is 0. The topological polar surface area (TPSA) is 68.0 Å². The summed E-state index contributed by atoms with van der Waals surface area (Å²) in [6, 6.07) is 9.20. The van der Waals surface area contributed by atoms with E-state index in [0.29, 0.717) is 5.69 Å². The second-order valence-electron chi connectivity index (χ2n) is 3.91. The van der Waals surface area contributed by atoms with E-state index in [1.807, 2.05) is 24.3 Å². The molecular weight excluding hydrogens is 266 g/mol. The summed E-state index contributed by atoms with van der Waals surface area (Å²) in [5, 5.41) is 13.9. The van der Waals surface area contributed by atoms with Crippen LogP contribution in [0.1, 0.15) is 10.4 Å². The van der Waals surface area contributed by atoms with Crippen molar-refractivity contribution in [3.63, 3.8) is 0 Å². The van der Waals surface area contributed by atoms with E-state index in [4.69, 9.17) is 16.7 Å². The monoisotopic (exact) mass is 273 g/mol. The summed E-state index contributed by atoms with van der Waals surface area (Å²) in [5.74, 6) is -1.10. The highest BCUT2D eigenvalue weighted by Gasteiger charge is 2.16. The van der Waals surface area contributed by atoms with Crippen LogP contribution in [0.15, 0.2) is 42.7 Å². The molecule has 94 valence electrons. The molecule has 0 spiro atoms. The van der Waals surface area contributed by atoms with E-state index in [1.165, 1.54) is 10.9 Å². The minimum absolute atomic E-state index is 0.0254. The van der Waals surface area contributed by atoms with Crippen LogP contribution in [0, 0.1) is 0 Å². The Labute approximate surface area is 113 Å². The fourth-order valence-corrected chi connectivity index (χ4v) is 2.18. The Morgan fingerprint density at radius 3 is 2.84 bits per heavy atom. The predicted molar refractivity (Wildman–Crippen MR) is 70.8 cm³/mol. The Balaban J connectivity index is 2.28. The fourth-order valence-electron chi connectivity index (χ4n) is 1.92. The molecule has 0 amide bonds. The quantitative estimate of drug-likeness (QED) is 0.779. The standard InChI is InChI=1S/C13H8ClN3O2/c14-12-9(13(18)19)7-16-17(12)11-5-1-4-10-8(11)3-2-6-15-10/h1-7H,(H,18,19). The van der Waals surface area contributed by atoms with Crippen LogP contribution in [0.2, 0.25) is 5.15 Å². The highest BCUT2D eigenvalue weighted by molar-refractivity contribution is 6.32. The summed E-state index contributed by atoms with van der Waals surface area (Å²) in [6.45, 7) is 0. The van der Waals surface area contributed by atoms with E-state index < -0.39 is 5.97 Å². The van der Waals surface area contributed by atoms with Gasteiger partial charge in [0.15, 0.2) is 0 Å². The van der Waals surface area contributed by atoms with Crippen LogP contribution in [-0.2, 0) is 0 Å². The first kappa shape index (κ1) is 11.7. The number of pyridine rings is 1. The van der Waals surface area contributed by atoms with Crippen molar-refractivity contribution in [2.45, 2.75) is 0 Å². The van der Waals surface area contributed by atoms with Gasteiger partial charge in [-0.1, -0.05) is 17.7 Å². The highest BCUT2D eigenvalue weighted by atomic mass is 35.5. The van der Waals surface area contributed by atoms with Crippen LogP contribution >= 0.6 is 11.6 Å². The van der Waals surface area contributed by atoms with Crippen LogP contribution in [0.4, 0.5) is 0 Å². The Morgan fingerprint density at radius 1 is 1.26 bits per heavy atom. The van der Waals surface area contributed by atoms with Gasteiger partial charge in [0.25, 0.3) is 0 Å². The molecule has 0 radical (unpaired) electrons. The molecule has 0 aliphatic rings. The SMILES string of the molecule is O=C(O)c1cnn(-c2cccc3ncccc23)c1Cl. The first-order valence-electron chi connectivity index (χ1n) is 5.49. The first-order chi connectivity index (χ1) is 9.18. The van der Waals surface area contributed by atoms with Gasteiger partial charge in [-0.2, -0.15) is 5.10 Å². The van der Waals surface area contributed by atoms with Crippen LogP contribution < -0.4 is 0 Å². The summed E-state index contributed by atoms with van der Waals surface area (Å²) in [4.78, 5) is 15.2. The lowest BCUT2D eigenvalue weighted by Crippen LogP contribution is -2.00. The van der Waals surface area contributed by atoms with E-state index in [0.717, 1.165) is 10.9 Å². The number of carbonyl (C=O) groups is 1. The lowest BCUT2D eigenvalue weighted by Gasteiger charge is -2.07. The third-order valence-electron chi connectivity index (χ3n) is 2.79. The molecule has 0 saturated carbocycles. The van der Waals surface area contributed by atoms with Gasteiger partial charge in [0, 0.05) is 11.6 Å². The molecule has 6 heteroatoms. The van der Waals surface area contributed by atoms with Crippen molar-refractivity contribution in [1.29, 1.82) is 0 Å². The van der Waals surface area contributed by atoms with Crippen molar-refractivity contribution in [3.8, 4) is 5.69 Å².